The SMILES string of the molecule is CCN(Sc1ccc(Oc2ccc(C)cc2)cc1)S(=O)(=O)c1ccc(C)c(C(=O)OC)c1. The second kappa shape index (κ2) is 10.2. The Labute approximate surface area is 193 Å². The summed E-state index contributed by atoms with van der Waals surface area (Å²) in [5.74, 6) is 0.819. The zero-order valence-corrected chi connectivity index (χ0v) is 20.0. The quantitative estimate of drug-likeness (QED) is 0.315. The lowest BCUT2D eigenvalue weighted by Crippen LogP contribution is -2.24. The van der Waals surface area contributed by atoms with Crippen LogP contribution >= 0.6 is 11.9 Å². The van der Waals surface area contributed by atoms with E-state index in [1.165, 1.54) is 23.0 Å². The van der Waals surface area contributed by atoms with Gasteiger partial charge in [0.2, 0.25) is 0 Å². The van der Waals surface area contributed by atoms with Crippen LogP contribution in [0, 0.1) is 13.8 Å². The number of rotatable bonds is 8. The van der Waals surface area contributed by atoms with Crippen molar-refractivity contribution in [3.8, 4) is 11.5 Å². The molecule has 32 heavy (non-hydrogen) atoms. The minimum atomic E-state index is -3.84. The number of methoxy groups -OCH3 is 1. The second-order valence-corrected chi connectivity index (χ2v) is 10.3. The largest absolute Gasteiger partial charge is 0.465 e. The minimum absolute atomic E-state index is 0.0391. The van der Waals surface area contributed by atoms with Gasteiger partial charge in [-0.05, 0) is 79.9 Å². The van der Waals surface area contributed by atoms with Gasteiger partial charge in [-0.25, -0.2) is 13.2 Å². The maximum absolute atomic E-state index is 13.2. The van der Waals surface area contributed by atoms with Gasteiger partial charge in [0.05, 0.1) is 17.6 Å². The molecular weight excluding hydrogens is 446 g/mol. The Kier molecular flexibility index (Phi) is 7.60. The summed E-state index contributed by atoms with van der Waals surface area (Å²) < 4.78 is 38.3. The van der Waals surface area contributed by atoms with Gasteiger partial charge in [0.25, 0.3) is 10.0 Å². The number of sulfonamides is 1. The molecule has 0 aliphatic rings. The van der Waals surface area contributed by atoms with Crippen molar-refractivity contribution in [2.75, 3.05) is 13.7 Å². The van der Waals surface area contributed by atoms with E-state index >= 15 is 0 Å². The van der Waals surface area contributed by atoms with Crippen LogP contribution in [-0.4, -0.2) is 31.8 Å². The van der Waals surface area contributed by atoms with Crippen molar-refractivity contribution in [1.82, 2.24) is 3.71 Å². The number of benzene rings is 3. The van der Waals surface area contributed by atoms with Crippen LogP contribution < -0.4 is 4.74 Å². The molecule has 0 fully saturated rings. The molecule has 3 aromatic rings. The zero-order valence-electron chi connectivity index (χ0n) is 18.4. The molecule has 0 amide bonds. The van der Waals surface area contributed by atoms with Gasteiger partial charge in [-0.3, -0.25) is 0 Å². The first-order valence-corrected chi connectivity index (χ1v) is 12.2. The molecule has 0 saturated carbocycles. The molecule has 0 spiro atoms. The summed E-state index contributed by atoms with van der Waals surface area (Å²) in [6.45, 7) is 5.75. The highest BCUT2D eigenvalue weighted by Gasteiger charge is 2.26. The van der Waals surface area contributed by atoms with E-state index in [1.54, 1.807) is 44.2 Å². The third-order valence-corrected chi connectivity index (χ3v) is 8.13. The summed E-state index contributed by atoms with van der Waals surface area (Å²) in [6.07, 6.45) is 0. The van der Waals surface area contributed by atoms with Gasteiger partial charge >= 0.3 is 5.97 Å². The van der Waals surface area contributed by atoms with E-state index in [0.29, 0.717) is 11.3 Å². The van der Waals surface area contributed by atoms with Crippen LogP contribution in [0.15, 0.2) is 76.5 Å². The predicted octanol–water partition coefficient (Wildman–Crippen LogP) is 5.60. The van der Waals surface area contributed by atoms with Crippen LogP contribution in [0.2, 0.25) is 0 Å². The first kappa shape index (κ1) is 23.8. The molecule has 6 nitrogen and oxygen atoms in total. The molecular formula is C24H25NO5S2. The Morgan fingerprint density at radius 1 is 0.938 bits per heavy atom. The van der Waals surface area contributed by atoms with E-state index < -0.39 is 16.0 Å². The number of carbonyl (C=O) groups is 1. The van der Waals surface area contributed by atoms with Crippen molar-refractivity contribution >= 4 is 27.9 Å². The standard InChI is InChI=1S/C24H25NO5S2/c1-5-25(32(27,28)22-15-8-18(3)23(16-22)24(26)29-4)31-21-13-11-20(12-14-21)30-19-9-6-17(2)7-10-19/h6-16H,5H2,1-4H3. The summed E-state index contributed by atoms with van der Waals surface area (Å²) in [6, 6.07) is 19.4. The van der Waals surface area contributed by atoms with Crippen LogP contribution in [0.4, 0.5) is 0 Å². The van der Waals surface area contributed by atoms with Gasteiger partial charge in [-0.2, -0.15) is 0 Å². The van der Waals surface area contributed by atoms with E-state index in [9.17, 15) is 13.2 Å². The van der Waals surface area contributed by atoms with Crippen LogP contribution in [-0.2, 0) is 14.8 Å². The maximum atomic E-state index is 13.2. The fourth-order valence-electron chi connectivity index (χ4n) is 2.92. The van der Waals surface area contributed by atoms with Crippen LogP contribution in [0.1, 0.15) is 28.4 Å². The van der Waals surface area contributed by atoms with E-state index in [-0.39, 0.29) is 17.0 Å². The number of aryl methyl sites for hydroxylation is 2. The van der Waals surface area contributed by atoms with Gasteiger partial charge in [-0.1, -0.05) is 30.7 Å². The highest BCUT2D eigenvalue weighted by Crippen LogP contribution is 2.32. The average Bonchev–Trinajstić information content (AvgIpc) is 2.79. The van der Waals surface area contributed by atoms with Gasteiger partial charge in [0, 0.05) is 11.4 Å². The highest BCUT2D eigenvalue weighted by atomic mass is 32.3. The lowest BCUT2D eigenvalue weighted by Gasteiger charge is -2.20. The summed E-state index contributed by atoms with van der Waals surface area (Å²) in [7, 11) is -2.57. The molecule has 0 aliphatic heterocycles. The third-order valence-electron chi connectivity index (χ3n) is 4.73. The number of hydrogen-bond acceptors (Lipinski definition) is 6. The number of ether oxygens (including phenoxy) is 2. The number of hydrogen-bond donors (Lipinski definition) is 0. The highest BCUT2D eigenvalue weighted by molar-refractivity contribution is 8.08. The third kappa shape index (κ3) is 5.51. The Morgan fingerprint density at radius 2 is 1.53 bits per heavy atom. The first-order valence-electron chi connectivity index (χ1n) is 9.99. The number of esters is 1. The van der Waals surface area contributed by atoms with E-state index in [1.807, 2.05) is 31.2 Å². The smallest absolute Gasteiger partial charge is 0.338 e. The molecule has 168 valence electrons. The fourth-order valence-corrected chi connectivity index (χ4v) is 5.53. The Balaban J connectivity index is 1.78. The average molecular weight is 472 g/mol. The van der Waals surface area contributed by atoms with Gasteiger partial charge in [0.15, 0.2) is 0 Å². The van der Waals surface area contributed by atoms with Crippen molar-refractivity contribution in [3.63, 3.8) is 0 Å². The molecule has 0 atom stereocenters. The normalized spacial score (nSPS) is 11.4. The Hall–Kier alpha value is -2.81. The zero-order chi connectivity index (χ0) is 23.3. The van der Waals surface area contributed by atoms with Gasteiger partial charge in [-0.15, -0.1) is 3.71 Å². The van der Waals surface area contributed by atoms with Gasteiger partial charge in [0.1, 0.15) is 11.5 Å². The molecule has 0 saturated heterocycles. The number of nitrogens with zero attached hydrogens (tertiary/aromatic N) is 1. The van der Waals surface area contributed by atoms with E-state index in [0.717, 1.165) is 28.2 Å². The van der Waals surface area contributed by atoms with Gasteiger partial charge < -0.3 is 9.47 Å². The first-order chi connectivity index (χ1) is 15.2. The lowest BCUT2D eigenvalue weighted by molar-refractivity contribution is 0.0599. The molecule has 0 radical (unpaired) electrons. The lowest BCUT2D eigenvalue weighted by atomic mass is 10.1. The molecule has 0 unspecified atom stereocenters. The summed E-state index contributed by atoms with van der Waals surface area (Å²) in [4.78, 5) is 12.8. The van der Waals surface area contributed by atoms with Crippen LogP contribution in [0.5, 0.6) is 11.5 Å². The summed E-state index contributed by atoms with van der Waals surface area (Å²) >= 11 is 1.11. The van der Waals surface area contributed by atoms with Crippen molar-refractivity contribution < 1.29 is 22.7 Å². The van der Waals surface area contributed by atoms with Crippen molar-refractivity contribution in [2.45, 2.75) is 30.6 Å². The second-order valence-electron chi connectivity index (χ2n) is 7.07. The Morgan fingerprint density at radius 3 is 2.09 bits per heavy atom. The van der Waals surface area contributed by atoms with Crippen LogP contribution in [0.3, 0.4) is 0 Å². The molecule has 3 rings (SSSR count). The predicted molar refractivity (Wildman–Crippen MR) is 126 cm³/mol. The van der Waals surface area contributed by atoms with Crippen molar-refractivity contribution in [1.29, 1.82) is 0 Å². The van der Waals surface area contributed by atoms with Crippen molar-refractivity contribution in [3.05, 3.63) is 83.4 Å². The molecule has 3 aromatic carbocycles. The monoisotopic (exact) mass is 471 g/mol. The fraction of sp³-hybridized carbons (Fsp3) is 0.208. The van der Waals surface area contributed by atoms with Crippen LogP contribution in [0.25, 0.3) is 0 Å². The summed E-state index contributed by atoms with van der Waals surface area (Å²) in [5.41, 5.74) is 2.03. The molecule has 0 bridgehead atoms. The topological polar surface area (TPSA) is 72.9 Å². The van der Waals surface area contributed by atoms with E-state index in [4.69, 9.17) is 9.47 Å². The molecule has 0 aliphatic carbocycles. The minimum Gasteiger partial charge on any atom is -0.465 e. The summed E-state index contributed by atoms with van der Waals surface area (Å²) in [5, 5.41) is 0. The molecule has 0 N–H and O–H groups in total. The maximum Gasteiger partial charge on any atom is 0.338 e. The molecule has 8 heteroatoms. The number of carbonyl (C=O) groups excluding carboxylic acids is 1. The Bertz CT molecular complexity index is 1190. The van der Waals surface area contributed by atoms with E-state index in [2.05, 4.69) is 0 Å². The molecule has 0 heterocycles. The van der Waals surface area contributed by atoms with Crippen molar-refractivity contribution in [2.24, 2.45) is 0 Å². The molecule has 0 aromatic heterocycles.